The second-order valence-corrected chi connectivity index (χ2v) is 9.72. The maximum atomic E-state index is 6.04. The third kappa shape index (κ3) is 6.34. The minimum Gasteiger partial charge on any atom is -0.457 e. The number of anilines is 2. The van der Waals surface area contributed by atoms with Gasteiger partial charge < -0.3 is 20.9 Å². The molecule has 0 heterocycles. The Hall–Kier alpha value is -4.70. The van der Waals surface area contributed by atoms with Crippen molar-refractivity contribution < 1.29 is 9.47 Å². The summed E-state index contributed by atoms with van der Waals surface area (Å²) >= 11 is 0. The average molecular weight is 501 g/mol. The third-order valence-corrected chi connectivity index (χ3v) is 6.51. The molecule has 5 aromatic carbocycles. The van der Waals surface area contributed by atoms with Gasteiger partial charge in [-0.3, -0.25) is 0 Å². The van der Waals surface area contributed by atoms with Crippen molar-refractivity contribution in [3.05, 3.63) is 143 Å². The molecule has 0 atom stereocenters. The molecule has 4 N–H and O–H groups in total. The van der Waals surface area contributed by atoms with Crippen LogP contribution in [0, 0.1) is 13.8 Å². The monoisotopic (exact) mass is 500 g/mol. The number of rotatable bonds is 8. The van der Waals surface area contributed by atoms with Gasteiger partial charge in [-0.1, -0.05) is 48.5 Å². The van der Waals surface area contributed by atoms with Crippen LogP contribution >= 0.6 is 0 Å². The summed E-state index contributed by atoms with van der Waals surface area (Å²) in [6.45, 7) is 4.00. The number of nitrogen functional groups attached to an aromatic ring is 2. The van der Waals surface area contributed by atoms with E-state index in [-0.39, 0.29) is 0 Å². The van der Waals surface area contributed by atoms with Crippen LogP contribution in [0.2, 0.25) is 0 Å². The number of benzene rings is 5. The first-order chi connectivity index (χ1) is 18.4. The summed E-state index contributed by atoms with van der Waals surface area (Å²) in [6, 6.07) is 36.7. The van der Waals surface area contributed by atoms with Crippen LogP contribution in [-0.4, -0.2) is 0 Å². The molecule has 190 valence electrons. The van der Waals surface area contributed by atoms with Gasteiger partial charge in [0.05, 0.1) is 0 Å². The molecule has 0 aliphatic carbocycles. The fourth-order valence-corrected chi connectivity index (χ4v) is 4.50. The minimum atomic E-state index is 0.739. The zero-order valence-corrected chi connectivity index (χ0v) is 21.8. The maximum absolute atomic E-state index is 6.04. The van der Waals surface area contributed by atoms with Crippen molar-refractivity contribution in [3.8, 4) is 23.0 Å². The van der Waals surface area contributed by atoms with E-state index < -0.39 is 0 Å². The zero-order chi connectivity index (χ0) is 26.5. The molecule has 38 heavy (non-hydrogen) atoms. The van der Waals surface area contributed by atoms with Crippen LogP contribution in [0.5, 0.6) is 23.0 Å². The lowest BCUT2D eigenvalue weighted by Gasteiger charge is -2.11. The molecule has 0 aliphatic rings. The third-order valence-electron chi connectivity index (χ3n) is 6.51. The Labute approximate surface area is 224 Å². The highest BCUT2D eigenvalue weighted by Crippen LogP contribution is 2.28. The molecule has 0 saturated carbocycles. The molecule has 0 unspecified atom stereocenters. The number of hydrogen-bond donors (Lipinski definition) is 2. The topological polar surface area (TPSA) is 70.5 Å². The molecule has 0 bridgehead atoms. The number of ether oxygens (including phenoxy) is 2. The Kier molecular flexibility index (Phi) is 7.32. The van der Waals surface area contributed by atoms with E-state index in [1.54, 1.807) is 0 Å². The van der Waals surface area contributed by atoms with Crippen molar-refractivity contribution in [1.29, 1.82) is 0 Å². The second kappa shape index (κ2) is 11.1. The van der Waals surface area contributed by atoms with Gasteiger partial charge in [0.2, 0.25) is 0 Å². The van der Waals surface area contributed by atoms with Crippen molar-refractivity contribution in [2.24, 2.45) is 0 Å². The van der Waals surface area contributed by atoms with E-state index in [4.69, 9.17) is 20.9 Å². The second-order valence-electron chi connectivity index (χ2n) is 9.72. The molecule has 0 radical (unpaired) electrons. The molecule has 4 nitrogen and oxygen atoms in total. The molecule has 5 rings (SSSR count). The SMILES string of the molecule is Cc1cc(N)ccc1Oc1ccc(Cc2cccc(Cc3ccc(Oc4ccc(N)cc4C)cc3)c2)cc1. The van der Waals surface area contributed by atoms with Gasteiger partial charge in [0.25, 0.3) is 0 Å². The predicted octanol–water partition coefficient (Wildman–Crippen LogP) is 8.23. The van der Waals surface area contributed by atoms with Crippen molar-refractivity contribution in [2.75, 3.05) is 11.5 Å². The first kappa shape index (κ1) is 25.0. The number of aryl methyl sites for hydroxylation is 2. The van der Waals surface area contributed by atoms with Crippen LogP contribution in [0.1, 0.15) is 33.4 Å². The summed E-state index contributed by atoms with van der Waals surface area (Å²) in [5.41, 5.74) is 20.2. The molecular formula is C34H32N2O2. The van der Waals surface area contributed by atoms with E-state index in [0.717, 1.165) is 58.3 Å². The van der Waals surface area contributed by atoms with Crippen LogP contribution in [0.25, 0.3) is 0 Å². The molecular weight excluding hydrogens is 468 g/mol. The normalized spacial score (nSPS) is 10.8. The van der Waals surface area contributed by atoms with E-state index in [1.165, 1.54) is 22.3 Å². The largest absolute Gasteiger partial charge is 0.457 e. The molecule has 0 saturated heterocycles. The highest BCUT2D eigenvalue weighted by molar-refractivity contribution is 5.50. The van der Waals surface area contributed by atoms with Gasteiger partial charge in [0.1, 0.15) is 23.0 Å². The quantitative estimate of drug-likeness (QED) is 0.211. The molecule has 0 fully saturated rings. The fraction of sp³-hybridized carbons (Fsp3) is 0.118. The lowest BCUT2D eigenvalue weighted by Crippen LogP contribution is -1.94. The number of hydrogen-bond acceptors (Lipinski definition) is 4. The molecule has 5 aromatic rings. The molecule has 4 heteroatoms. The first-order valence-corrected chi connectivity index (χ1v) is 12.7. The van der Waals surface area contributed by atoms with E-state index in [1.807, 2.05) is 74.5 Å². The summed E-state index contributed by atoms with van der Waals surface area (Å²) in [4.78, 5) is 0. The summed E-state index contributed by atoms with van der Waals surface area (Å²) in [6.07, 6.45) is 1.73. The van der Waals surface area contributed by atoms with Crippen LogP contribution in [0.15, 0.2) is 109 Å². The molecule has 0 aliphatic heterocycles. The smallest absolute Gasteiger partial charge is 0.130 e. The van der Waals surface area contributed by atoms with Gasteiger partial charge in [-0.2, -0.15) is 0 Å². The number of nitrogens with two attached hydrogens (primary N) is 2. The molecule has 0 amide bonds. The molecule has 0 spiro atoms. The van der Waals surface area contributed by atoms with E-state index in [2.05, 4.69) is 48.5 Å². The highest BCUT2D eigenvalue weighted by Gasteiger charge is 2.06. The lowest BCUT2D eigenvalue weighted by molar-refractivity contribution is 0.478. The van der Waals surface area contributed by atoms with Gasteiger partial charge >= 0.3 is 0 Å². The van der Waals surface area contributed by atoms with Crippen molar-refractivity contribution in [2.45, 2.75) is 26.7 Å². The Morgan fingerprint density at radius 2 is 0.895 bits per heavy atom. The average Bonchev–Trinajstić information content (AvgIpc) is 2.90. The lowest BCUT2D eigenvalue weighted by atomic mass is 9.99. The zero-order valence-electron chi connectivity index (χ0n) is 21.8. The van der Waals surface area contributed by atoms with Crippen molar-refractivity contribution >= 4 is 11.4 Å². The van der Waals surface area contributed by atoms with E-state index in [0.29, 0.717) is 0 Å². The van der Waals surface area contributed by atoms with Gasteiger partial charge in [-0.25, -0.2) is 0 Å². The van der Waals surface area contributed by atoms with Gasteiger partial charge in [-0.15, -0.1) is 0 Å². The maximum Gasteiger partial charge on any atom is 0.130 e. The van der Waals surface area contributed by atoms with Gasteiger partial charge in [0.15, 0.2) is 0 Å². The summed E-state index contributed by atoms with van der Waals surface area (Å²) in [7, 11) is 0. The Bertz CT molecular complexity index is 1430. The van der Waals surface area contributed by atoms with Crippen molar-refractivity contribution in [1.82, 2.24) is 0 Å². The Balaban J connectivity index is 1.20. The van der Waals surface area contributed by atoms with Crippen molar-refractivity contribution in [3.63, 3.8) is 0 Å². The van der Waals surface area contributed by atoms with Crippen LogP contribution < -0.4 is 20.9 Å². The van der Waals surface area contributed by atoms with E-state index in [9.17, 15) is 0 Å². The highest BCUT2D eigenvalue weighted by atomic mass is 16.5. The van der Waals surface area contributed by atoms with Crippen LogP contribution in [0.4, 0.5) is 11.4 Å². The van der Waals surface area contributed by atoms with Gasteiger partial charge in [0, 0.05) is 11.4 Å². The minimum absolute atomic E-state index is 0.739. The van der Waals surface area contributed by atoms with Crippen LogP contribution in [0.3, 0.4) is 0 Å². The predicted molar refractivity (Wildman–Crippen MR) is 156 cm³/mol. The van der Waals surface area contributed by atoms with Gasteiger partial charge in [-0.05, 0) is 121 Å². The Morgan fingerprint density at radius 1 is 0.474 bits per heavy atom. The summed E-state index contributed by atoms with van der Waals surface area (Å²) in [5.74, 6) is 3.27. The fourth-order valence-electron chi connectivity index (χ4n) is 4.50. The summed E-state index contributed by atoms with van der Waals surface area (Å²) in [5, 5.41) is 0. The Morgan fingerprint density at radius 3 is 1.29 bits per heavy atom. The summed E-state index contributed by atoms with van der Waals surface area (Å²) < 4.78 is 12.1. The molecule has 0 aromatic heterocycles. The first-order valence-electron chi connectivity index (χ1n) is 12.7. The van der Waals surface area contributed by atoms with Crippen LogP contribution in [-0.2, 0) is 12.8 Å². The standard InChI is InChI=1S/C34H32N2O2/c1-23-18-29(35)10-16-33(23)37-31-12-6-25(7-13-31)20-27-4-3-5-28(22-27)21-26-8-14-32(15-9-26)38-34-17-11-30(36)19-24(34)2/h3-19,22H,20-21,35-36H2,1-2H3. The van der Waals surface area contributed by atoms with E-state index >= 15 is 0 Å².